The minimum absolute atomic E-state index is 0.0464. The van der Waals surface area contributed by atoms with Crippen molar-refractivity contribution in [2.24, 2.45) is 0 Å². The van der Waals surface area contributed by atoms with E-state index in [9.17, 15) is 14.9 Å². The fourth-order valence-electron chi connectivity index (χ4n) is 2.75. The Balaban J connectivity index is 1.95. The molecule has 0 atom stereocenters. The van der Waals surface area contributed by atoms with Gasteiger partial charge in [0.15, 0.2) is 5.78 Å². The summed E-state index contributed by atoms with van der Waals surface area (Å²) in [5, 5.41) is 11.5. The summed E-state index contributed by atoms with van der Waals surface area (Å²) >= 11 is 0. The Morgan fingerprint density at radius 1 is 1.08 bits per heavy atom. The summed E-state index contributed by atoms with van der Waals surface area (Å²) in [6.45, 7) is 4.23. The van der Waals surface area contributed by atoms with Gasteiger partial charge in [-0.3, -0.25) is 14.9 Å². The van der Waals surface area contributed by atoms with Gasteiger partial charge in [0.25, 0.3) is 5.69 Å². The molecule has 0 unspecified atom stereocenters. The number of morpholine rings is 1. The van der Waals surface area contributed by atoms with Crippen molar-refractivity contribution < 1.29 is 14.5 Å². The van der Waals surface area contributed by atoms with Crippen LogP contribution in [0.5, 0.6) is 0 Å². The van der Waals surface area contributed by atoms with E-state index < -0.39 is 4.92 Å². The lowest BCUT2D eigenvalue weighted by atomic mass is 10.0. The Kier molecular flexibility index (Phi) is 4.57. The number of carbonyl (C=O) groups excluding carboxylic acids is 1. The van der Waals surface area contributed by atoms with E-state index in [1.807, 2.05) is 24.0 Å². The fourth-order valence-corrected chi connectivity index (χ4v) is 2.75. The number of nitro groups is 1. The van der Waals surface area contributed by atoms with Crippen LogP contribution < -0.4 is 4.90 Å². The number of nitro benzene ring substituents is 1. The molecular formula is C18H18N2O4. The zero-order chi connectivity index (χ0) is 17.1. The standard InChI is InChI=1S/C18H18N2O4/c1-13-2-4-14(5-3-13)18(21)15-6-7-16(17(12-15)20(22)23)19-8-10-24-11-9-19/h2-7,12H,8-11H2,1H3. The van der Waals surface area contributed by atoms with E-state index in [0.29, 0.717) is 43.1 Å². The van der Waals surface area contributed by atoms with E-state index in [0.717, 1.165) is 5.56 Å². The van der Waals surface area contributed by atoms with Crippen LogP contribution in [0.1, 0.15) is 21.5 Å². The summed E-state index contributed by atoms with van der Waals surface area (Å²) < 4.78 is 5.29. The molecule has 0 N–H and O–H groups in total. The first-order valence-corrected chi connectivity index (χ1v) is 7.79. The van der Waals surface area contributed by atoms with Crippen molar-refractivity contribution in [2.45, 2.75) is 6.92 Å². The molecule has 1 saturated heterocycles. The van der Waals surface area contributed by atoms with Gasteiger partial charge in [-0.2, -0.15) is 0 Å². The van der Waals surface area contributed by atoms with Gasteiger partial charge in [-0.15, -0.1) is 0 Å². The number of anilines is 1. The zero-order valence-electron chi connectivity index (χ0n) is 13.4. The SMILES string of the molecule is Cc1ccc(C(=O)c2ccc(N3CCOCC3)c([N+](=O)[O-])c2)cc1. The molecule has 0 aromatic heterocycles. The lowest BCUT2D eigenvalue weighted by Gasteiger charge is -2.28. The van der Waals surface area contributed by atoms with Crippen molar-refractivity contribution in [1.29, 1.82) is 0 Å². The second kappa shape index (κ2) is 6.80. The molecule has 124 valence electrons. The van der Waals surface area contributed by atoms with Gasteiger partial charge in [-0.1, -0.05) is 29.8 Å². The summed E-state index contributed by atoms with van der Waals surface area (Å²) in [7, 11) is 0. The number of hydrogen-bond acceptors (Lipinski definition) is 5. The number of benzene rings is 2. The smallest absolute Gasteiger partial charge is 0.293 e. The minimum atomic E-state index is -0.434. The van der Waals surface area contributed by atoms with E-state index in [-0.39, 0.29) is 11.5 Å². The van der Waals surface area contributed by atoms with Gasteiger partial charge in [0.1, 0.15) is 5.69 Å². The number of ether oxygens (including phenoxy) is 1. The molecule has 0 aliphatic carbocycles. The maximum absolute atomic E-state index is 12.6. The molecule has 6 heteroatoms. The third kappa shape index (κ3) is 3.28. The first-order valence-electron chi connectivity index (χ1n) is 7.79. The second-order valence-electron chi connectivity index (χ2n) is 5.76. The molecule has 0 spiro atoms. The number of ketones is 1. The molecule has 2 aromatic carbocycles. The highest BCUT2D eigenvalue weighted by molar-refractivity contribution is 6.09. The van der Waals surface area contributed by atoms with Crippen molar-refractivity contribution in [1.82, 2.24) is 0 Å². The Morgan fingerprint density at radius 2 is 1.71 bits per heavy atom. The molecule has 3 rings (SSSR count). The topological polar surface area (TPSA) is 72.7 Å². The summed E-state index contributed by atoms with van der Waals surface area (Å²) in [5.41, 5.74) is 2.38. The number of rotatable bonds is 4. The average molecular weight is 326 g/mol. The monoisotopic (exact) mass is 326 g/mol. The normalized spacial score (nSPS) is 14.5. The van der Waals surface area contributed by atoms with E-state index in [1.54, 1.807) is 24.3 Å². The van der Waals surface area contributed by atoms with Crippen LogP contribution in [-0.4, -0.2) is 37.0 Å². The quantitative estimate of drug-likeness (QED) is 0.491. The Bertz CT molecular complexity index is 765. The highest BCUT2D eigenvalue weighted by Crippen LogP contribution is 2.30. The van der Waals surface area contributed by atoms with Gasteiger partial charge >= 0.3 is 0 Å². The third-order valence-corrected chi connectivity index (χ3v) is 4.10. The summed E-state index contributed by atoms with van der Waals surface area (Å²) in [4.78, 5) is 25.5. The highest BCUT2D eigenvalue weighted by atomic mass is 16.6. The van der Waals surface area contributed by atoms with Crippen molar-refractivity contribution in [2.75, 3.05) is 31.2 Å². The molecule has 0 bridgehead atoms. The lowest BCUT2D eigenvalue weighted by molar-refractivity contribution is -0.384. The van der Waals surface area contributed by atoms with E-state index in [2.05, 4.69) is 0 Å². The molecule has 1 fully saturated rings. The Morgan fingerprint density at radius 3 is 2.33 bits per heavy atom. The predicted molar refractivity (Wildman–Crippen MR) is 90.7 cm³/mol. The molecule has 6 nitrogen and oxygen atoms in total. The van der Waals surface area contributed by atoms with E-state index in [1.165, 1.54) is 6.07 Å². The first kappa shape index (κ1) is 16.1. The molecular weight excluding hydrogens is 308 g/mol. The first-order chi connectivity index (χ1) is 11.6. The zero-order valence-corrected chi connectivity index (χ0v) is 13.4. The molecule has 2 aromatic rings. The van der Waals surface area contributed by atoms with Crippen molar-refractivity contribution >= 4 is 17.2 Å². The van der Waals surface area contributed by atoms with Crippen molar-refractivity contribution in [3.63, 3.8) is 0 Å². The van der Waals surface area contributed by atoms with Crippen LogP contribution in [0.25, 0.3) is 0 Å². The van der Waals surface area contributed by atoms with E-state index >= 15 is 0 Å². The molecule has 0 radical (unpaired) electrons. The van der Waals surface area contributed by atoms with Crippen LogP contribution in [0, 0.1) is 17.0 Å². The van der Waals surface area contributed by atoms with Gasteiger partial charge in [0.2, 0.25) is 0 Å². The molecule has 1 heterocycles. The van der Waals surface area contributed by atoms with Gasteiger partial charge in [-0.25, -0.2) is 0 Å². The van der Waals surface area contributed by atoms with Crippen LogP contribution in [-0.2, 0) is 4.74 Å². The number of nitrogens with zero attached hydrogens (tertiary/aromatic N) is 2. The summed E-state index contributed by atoms with van der Waals surface area (Å²) in [6.07, 6.45) is 0. The average Bonchev–Trinajstić information content (AvgIpc) is 2.62. The Hall–Kier alpha value is -2.73. The number of aryl methyl sites for hydroxylation is 1. The van der Waals surface area contributed by atoms with Crippen molar-refractivity contribution in [3.05, 3.63) is 69.3 Å². The second-order valence-corrected chi connectivity index (χ2v) is 5.76. The largest absolute Gasteiger partial charge is 0.378 e. The van der Waals surface area contributed by atoms with Gasteiger partial charge in [-0.05, 0) is 19.1 Å². The van der Waals surface area contributed by atoms with Crippen LogP contribution in [0.4, 0.5) is 11.4 Å². The molecule has 1 aliphatic rings. The number of carbonyl (C=O) groups is 1. The predicted octanol–water partition coefficient (Wildman–Crippen LogP) is 2.97. The maximum atomic E-state index is 12.6. The maximum Gasteiger partial charge on any atom is 0.293 e. The van der Waals surface area contributed by atoms with Crippen LogP contribution >= 0.6 is 0 Å². The number of hydrogen-bond donors (Lipinski definition) is 0. The van der Waals surface area contributed by atoms with Crippen LogP contribution in [0.3, 0.4) is 0 Å². The van der Waals surface area contributed by atoms with Crippen LogP contribution in [0.15, 0.2) is 42.5 Å². The molecule has 0 amide bonds. The third-order valence-electron chi connectivity index (χ3n) is 4.10. The molecule has 24 heavy (non-hydrogen) atoms. The summed E-state index contributed by atoms with van der Waals surface area (Å²) in [5.74, 6) is -0.216. The highest BCUT2D eigenvalue weighted by Gasteiger charge is 2.23. The Labute approximate surface area is 139 Å². The summed E-state index contributed by atoms with van der Waals surface area (Å²) in [6, 6.07) is 11.9. The van der Waals surface area contributed by atoms with Crippen LogP contribution in [0.2, 0.25) is 0 Å². The lowest BCUT2D eigenvalue weighted by Crippen LogP contribution is -2.36. The van der Waals surface area contributed by atoms with Gasteiger partial charge in [0, 0.05) is 30.3 Å². The molecule has 0 saturated carbocycles. The molecule has 1 aliphatic heterocycles. The minimum Gasteiger partial charge on any atom is -0.378 e. The van der Waals surface area contributed by atoms with Gasteiger partial charge in [0.05, 0.1) is 18.1 Å². The van der Waals surface area contributed by atoms with Gasteiger partial charge < -0.3 is 9.64 Å². The van der Waals surface area contributed by atoms with Crippen molar-refractivity contribution in [3.8, 4) is 0 Å². The van der Waals surface area contributed by atoms with E-state index in [4.69, 9.17) is 4.74 Å². The fraction of sp³-hybridized carbons (Fsp3) is 0.278.